The number of fused-ring (bicyclic) bond motifs is 1. The van der Waals surface area contributed by atoms with Gasteiger partial charge < -0.3 is 10.1 Å². The first-order valence-electron chi connectivity index (χ1n) is 8.36. The Morgan fingerprint density at radius 2 is 1.88 bits per heavy atom. The van der Waals surface area contributed by atoms with Gasteiger partial charge in [0.15, 0.2) is 0 Å². The molecule has 0 heterocycles. The maximum absolute atomic E-state index is 6.12. The van der Waals surface area contributed by atoms with E-state index in [9.17, 15) is 0 Å². The second-order valence-electron chi connectivity index (χ2n) is 5.86. The zero-order valence-corrected chi connectivity index (χ0v) is 14.6. The largest absolute Gasteiger partial charge is 0.489 e. The third-order valence-corrected chi connectivity index (χ3v) is 4.24. The highest BCUT2D eigenvalue weighted by molar-refractivity contribution is 6.30. The normalized spacial score (nSPS) is 10.9. The molecule has 2 nitrogen and oxygen atoms in total. The van der Waals surface area contributed by atoms with E-state index in [0.29, 0.717) is 6.61 Å². The molecular weight excluding hydrogens is 318 g/mol. The predicted molar refractivity (Wildman–Crippen MR) is 102 cm³/mol. The Morgan fingerprint density at radius 1 is 1.00 bits per heavy atom. The molecule has 0 saturated carbocycles. The lowest BCUT2D eigenvalue weighted by molar-refractivity contribution is 0.303. The van der Waals surface area contributed by atoms with Gasteiger partial charge >= 0.3 is 0 Å². The average molecular weight is 340 g/mol. The van der Waals surface area contributed by atoms with E-state index >= 15 is 0 Å². The van der Waals surface area contributed by atoms with Crippen molar-refractivity contribution in [1.29, 1.82) is 0 Å². The fourth-order valence-corrected chi connectivity index (χ4v) is 3.02. The smallest absolute Gasteiger partial charge is 0.124 e. The molecule has 124 valence electrons. The summed E-state index contributed by atoms with van der Waals surface area (Å²) in [6, 6.07) is 20.4. The van der Waals surface area contributed by atoms with Crippen molar-refractivity contribution in [2.24, 2.45) is 0 Å². The number of benzene rings is 3. The van der Waals surface area contributed by atoms with E-state index in [1.54, 1.807) is 0 Å². The van der Waals surface area contributed by atoms with Gasteiger partial charge in [0.1, 0.15) is 12.4 Å². The molecule has 3 aromatic rings. The fourth-order valence-electron chi connectivity index (χ4n) is 2.81. The van der Waals surface area contributed by atoms with Crippen molar-refractivity contribution in [3.63, 3.8) is 0 Å². The molecule has 0 atom stereocenters. The van der Waals surface area contributed by atoms with Gasteiger partial charge in [0, 0.05) is 17.1 Å². The van der Waals surface area contributed by atoms with Crippen molar-refractivity contribution in [3.05, 3.63) is 76.8 Å². The molecule has 3 aromatic carbocycles. The lowest BCUT2D eigenvalue weighted by Crippen LogP contribution is -2.15. The summed E-state index contributed by atoms with van der Waals surface area (Å²) in [4.78, 5) is 0. The number of ether oxygens (including phenoxy) is 1. The SMILES string of the molecule is CCCNCc1c(OCc2cccc(Cl)c2)ccc2ccccc12. The Bertz CT molecular complexity index is 816. The van der Waals surface area contributed by atoms with Gasteiger partial charge in [-0.2, -0.15) is 0 Å². The summed E-state index contributed by atoms with van der Waals surface area (Å²) in [5.74, 6) is 0.928. The third kappa shape index (κ3) is 4.08. The van der Waals surface area contributed by atoms with Crippen molar-refractivity contribution < 1.29 is 4.74 Å². The van der Waals surface area contributed by atoms with E-state index in [2.05, 4.69) is 48.6 Å². The van der Waals surface area contributed by atoms with Crippen LogP contribution in [0, 0.1) is 0 Å². The van der Waals surface area contributed by atoms with E-state index in [-0.39, 0.29) is 0 Å². The molecule has 0 aromatic heterocycles. The Kier molecular flexibility index (Phi) is 5.73. The van der Waals surface area contributed by atoms with Gasteiger partial charge in [-0.1, -0.05) is 61.0 Å². The molecule has 0 unspecified atom stereocenters. The zero-order valence-electron chi connectivity index (χ0n) is 13.9. The van der Waals surface area contributed by atoms with E-state index in [0.717, 1.165) is 35.8 Å². The summed E-state index contributed by atoms with van der Waals surface area (Å²) in [6.07, 6.45) is 1.11. The van der Waals surface area contributed by atoms with Gasteiger partial charge in [0.2, 0.25) is 0 Å². The van der Waals surface area contributed by atoms with Crippen LogP contribution in [-0.4, -0.2) is 6.54 Å². The monoisotopic (exact) mass is 339 g/mol. The first kappa shape index (κ1) is 16.8. The van der Waals surface area contributed by atoms with Crippen LogP contribution in [0.15, 0.2) is 60.7 Å². The Morgan fingerprint density at radius 3 is 2.71 bits per heavy atom. The minimum Gasteiger partial charge on any atom is -0.489 e. The molecule has 0 aliphatic carbocycles. The molecule has 3 heteroatoms. The maximum Gasteiger partial charge on any atom is 0.124 e. The van der Waals surface area contributed by atoms with Crippen LogP contribution in [0.2, 0.25) is 5.02 Å². The van der Waals surface area contributed by atoms with E-state index in [1.165, 1.54) is 16.3 Å². The molecule has 0 saturated heterocycles. The molecule has 3 rings (SSSR count). The fraction of sp³-hybridized carbons (Fsp3) is 0.238. The Balaban J connectivity index is 1.86. The quantitative estimate of drug-likeness (QED) is 0.568. The highest BCUT2D eigenvalue weighted by atomic mass is 35.5. The van der Waals surface area contributed by atoms with Gasteiger partial charge in [0.05, 0.1) is 0 Å². The summed E-state index contributed by atoms with van der Waals surface area (Å²) in [7, 11) is 0. The van der Waals surface area contributed by atoms with E-state index < -0.39 is 0 Å². The van der Waals surface area contributed by atoms with Crippen LogP contribution < -0.4 is 10.1 Å². The molecular formula is C21H22ClNO. The minimum absolute atomic E-state index is 0.514. The topological polar surface area (TPSA) is 21.3 Å². The number of rotatable bonds is 7. The van der Waals surface area contributed by atoms with Gasteiger partial charge in [-0.05, 0) is 47.5 Å². The lowest BCUT2D eigenvalue weighted by Gasteiger charge is -2.15. The van der Waals surface area contributed by atoms with Crippen molar-refractivity contribution >= 4 is 22.4 Å². The highest BCUT2D eigenvalue weighted by Crippen LogP contribution is 2.29. The van der Waals surface area contributed by atoms with Crippen molar-refractivity contribution in [2.45, 2.75) is 26.5 Å². The standard InChI is InChI=1S/C21H22ClNO/c1-2-12-23-14-20-19-9-4-3-7-17(19)10-11-21(20)24-15-16-6-5-8-18(22)13-16/h3-11,13,23H,2,12,14-15H2,1H3. The first-order chi connectivity index (χ1) is 11.8. The van der Waals surface area contributed by atoms with Gasteiger partial charge in [-0.15, -0.1) is 0 Å². The summed E-state index contributed by atoms with van der Waals surface area (Å²) in [6.45, 7) is 4.49. The molecule has 0 amide bonds. The number of hydrogen-bond acceptors (Lipinski definition) is 2. The molecule has 0 aliphatic heterocycles. The third-order valence-electron chi connectivity index (χ3n) is 4.01. The van der Waals surface area contributed by atoms with Crippen molar-refractivity contribution in [3.8, 4) is 5.75 Å². The molecule has 0 fully saturated rings. The maximum atomic E-state index is 6.12. The van der Waals surface area contributed by atoms with Crippen LogP contribution >= 0.6 is 11.6 Å². The van der Waals surface area contributed by atoms with E-state index in [1.807, 2.05) is 24.3 Å². The zero-order chi connectivity index (χ0) is 16.8. The predicted octanol–water partition coefficient (Wildman–Crippen LogP) is 5.57. The van der Waals surface area contributed by atoms with Crippen LogP contribution in [-0.2, 0) is 13.2 Å². The second-order valence-corrected chi connectivity index (χ2v) is 6.30. The molecule has 0 radical (unpaired) electrons. The number of hydrogen-bond donors (Lipinski definition) is 1. The second kappa shape index (κ2) is 8.18. The van der Waals surface area contributed by atoms with Gasteiger partial charge in [0.25, 0.3) is 0 Å². The van der Waals surface area contributed by atoms with Crippen molar-refractivity contribution in [1.82, 2.24) is 5.32 Å². The van der Waals surface area contributed by atoms with Crippen LogP contribution in [0.1, 0.15) is 24.5 Å². The van der Waals surface area contributed by atoms with Crippen LogP contribution in [0.5, 0.6) is 5.75 Å². The molecule has 0 spiro atoms. The molecule has 24 heavy (non-hydrogen) atoms. The lowest BCUT2D eigenvalue weighted by atomic mass is 10.0. The summed E-state index contributed by atoms with van der Waals surface area (Å²) in [5, 5.41) is 6.70. The Hall–Kier alpha value is -2.03. The molecule has 0 aliphatic rings. The number of nitrogens with one attached hydrogen (secondary N) is 1. The highest BCUT2D eigenvalue weighted by Gasteiger charge is 2.09. The Labute approximate surface area is 148 Å². The van der Waals surface area contributed by atoms with Crippen molar-refractivity contribution in [2.75, 3.05) is 6.54 Å². The molecule has 0 bridgehead atoms. The minimum atomic E-state index is 0.514. The van der Waals surface area contributed by atoms with Gasteiger partial charge in [-0.3, -0.25) is 0 Å². The van der Waals surface area contributed by atoms with Crippen LogP contribution in [0.3, 0.4) is 0 Å². The summed E-state index contributed by atoms with van der Waals surface area (Å²) >= 11 is 6.05. The van der Waals surface area contributed by atoms with Crippen LogP contribution in [0.4, 0.5) is 0 Å². The first-order valence-corrected chi connectivity index (χ1v) is 8.74. The molecule has 1 N–H and O–H groups in total. The summed E-state index contributed by atoms with van der Waals surface area (Å²) < 4.78 is 6.12. The number of halogens is 1. The average Bonchev–Trinajstić information content (AvgIpc) is 2.61. The van der Waals surface area contributed by atoms with Crippen LogP contribution in [0.25, 0.3) is 10.8 Å². The van der Waals surface area contributed by atoms with E-state index in [4.69, 9.17) is 16.3 Å². The van der Waals surface area contributed by atoms with Gasteiger partial charge in [-0.25, -0.2) is 0 Å². The summed E-state index contributed by atoms with van der Waals surface area (Å²) in [5.41, 5.74) is 2.28.